The minimum absolute atomic E-state index is 0.303. The van der Waals surface area contributed by atoms with Gasteiger partial charge in [-0.05, 0) is 12.1 Å². The molecule has 1 rings (SSSR count). The maximum absolute atomic E-state index is 5.83. The molecule has 0 aliphatic carbocycles. The third-order valence-corrected chi connectivity index (χ3v) is 2.89. The summed E-state index contributed by atoms with van der Waals surface area (Å²) >= 11 is 9.24. The zero-order valence-corrected chi connectivity index (χ0v) is 11.5. The number of hydrogen-bond donors (Lipinski definition) is 0. The molecule has 1 aromatic rings. The van der Waals surface area contributed by atoms with Crippen molar-refractivity contribution in [1.29, 1.82) is 0 Å². The number of ether oxygens (including phenoxy) is 2. The highest BCUT2D eigenvalue weighted by Crippen LogP contribution is 2.20. The van der Waals surface area contributed by atoms with Crippen molar-refractivity contribution < 1.29 is 9.47 Å². The monoisotopic (exact) mass is 305 g/mol. The van der Waals surface area contributed by atoms with Crippen molar-refractivity contribution in [2.24, 2.45) is 4.99 Å². The highest BCUT2D eigenvalue weighted by Gasteiger charge is 2.02. The first-order chi connectivity index (χ1) is 7.67. The van der Waals surface area contributed by atoms with Crippen LogP contribution >= 0.6 is 27.5 Å². The lowest BCUT2D eigenvalue weighted by atomic mass is 10.2. The Bertz CT molecular complexity index is 367. The van der Waals surface area contributed by atoms with Gasteiger partial charge < -0.3 is 9.47 Å². The van der Waals surface area contributed by atoms with E-state index in [4.69, 9.17) is 21.1 Å². The van der Waals surface area contributed by atoms with Crippen LogP contribution in [0, 0.1) is 0 Å². The van der Waals surface area contributed by atoms with E-state index < -0.39 is 0 Å². The van der Waals surface area contributed by atoms with E-state index in [1.807, 2.05) is 18.2 Å². The molecule has 0 heterocycles. The van der Waals surface area contributed by atoms with Gasteiger partial charge in [0.2, 0.25) is 0 Å². The third-order valence-electron chi connectivity index (χ3n) is 1.97. The lowest BCUT2D eigenvalue weighted by Gasteiger charge is -2.09. The van der Waals surface area contributed by atoms with Gasteiger partial charge in [0, 0.05) is 35.5 Å². The van der Waals surface area contributed by atoms with Crippen molar-refractivity contribution in [2.75, 3.05) is 20.8 Å². The van der Waals surface area contributed by atoms with Crippen molar-refractivity contribution in [3.63, 3.8) is 0 Å². The zero-order chi connectivity index (χ0) is 12.0. The maximum atomic E-state index is 5.83. The minimum atomic E-state index is -0.303. The van der Waals surface area contributed by atoms with Gasteiger partial charge in [-0.1, -0.05) is 33.6 Å². The van der Waals surface area contributed by atoms with Crippen LogP contribution < -0.4 is 0 Å². The molecule has 0 atom stereocenters. The van der Waals surface area contributed by atoms with E-state index >= 15 is 0 Å². The van der Waals surface area contributed by atoms with E-state index in [1.54, 1.807) is 20.4 Å². The van der Waals surface area contributed by atoms with Crippen molar-refractivity contribution in [3.8, 4) is 0 Å². The predicted octanol–water partition coefficient (Wildman–Crippen LogP) is 3.14. The average molecular weight is 307 g/mol. The summed E-state index contributed by atoms with van der Waals surface area (Å²) in [5.41, 5.74) is 0.968. The van der Waals surface area contributed by atoms with Crippen LogP contribution in [0.15, 0.2) is 27.7 Å². The second kappa shape index (κ2) is 7.01. The topological polar surface area (TPSA) is 30.8 Å². The van der Waals surface area contributed by atoms with E-state index in [2.05, 4.69) is 20.9 Å². The molecule has 0 radical (unpaired) electrons. The largest absolute Gasteiger partial charge is 0.354 e. The summed E-state index contributed by atoms with van der Waals surface area (Å²) in [7, 11) is 3.17. The fraction of sp³-hybridized carbons (Fsp3) is 0.364. The molecule has 0 aromatic heterocycles. The maximum Gasteiger partial charge on any atom is 0.176 e. The number of halogens is 2. The van der Waals surface area contributed by atoms with E-state index in [9.17, 15) is 0 Å². The first-order valence-corrected chi connectivity index (χ1v) is 5.85. The van der Waals surface area contributed by atoms with Crippen LogP contribution in [0.4, 0.5) is 0 Å². The van der Waals surface area contributed by atoms with Crippen molar-refractivity contribution >= 4 is 33.7 Å². The number of hydrogen-bond acceptors (Lipinski definition) is 3. The van der Waals surface area contributed by atoms with Gasteiger partial charge in [-0.2, -0.15) is 0 Å². The fourth-order valence-corrected chi connectivity index (χ4v) is 1.87. The molecule has 0 spiro atoms. The quantitative estimate of drug-likeness (QED) is 0.618. The molecule has 0 aliphatic rings. The Morgan fingerprint density at radius 3 is 2.69 bits per heavy atom. The Morgan fingerprint density at radius 2 is 2.12 bits per heavy atom. The number of rotatable bonds is 5. The van der Waals surface area contributed by atoms with Gasteiger partial charge >= 0.3 is 0 Å². The average Bonchev–Trinajstić information content (AvgIpc) is 2.27. The van der Waals surface area contributed by atoms with Crippen LogP contribution in [0.1, 0.15) is 5.56 Å². The second-order valence-corrected chi connectivity index (χ2v) is 4.35. The van der Waals surface area contributed by atoms with Crippen molar-refractivity contribution in [2.45, 2.75) is 6.29 Å². The van der Waals surface area contributed by atoms with Gasteiger partial charge in [-0.15, -0.1) is 0 Å². The lowest BCUT2D eigenvalue weighted by molar-refractivity contribution is -0.0936. The Labute approximate surface area is 109 Å². The van der Waals surface area contributed by atoms with Gasteiger partial charge in [0.1, 0.15) is 0 Å². The van der Waals surface area contributed by atoms with E-state index in [0.29, 0.717) is 11.6 Å². The van der Waals surface area contributed by atoms with E-state index in [-0.39, 0.29) is 6.29 Å². The van der Waals surface area contributed by atoms with E-state index in [1.165, 1.54) is 0 Å². The second-order valence-electron chi connectivity index (χ2n) is 3.06. The summed E-state index contributed by atoms with van der Waals surface area (Å²) in [6.45, 7) is 0.460. The minimum Gasteiger partial charge on any atom is -0.354 e. The Hall–Kier alpha value is -0.420. The number of benzene rings is 1. The Morgan fingerprint density at radius 1 is 1.44 bits per heavy atom. The fourth-order valence-electron chi connectivity index (χ4n) is 1.09. The van der Waals surface area contributed by atoms with Crippen LogP contribution in [-0.4, -0.2) is 33.3 Å². The molecular weight excluding hydrogens is 293 g/mol. The highest BCUT2D eigenvalue weighted by molar-refractivity contribution is 9.10. The van der Waals surface area contributed by atoms with Crippen LogP contribution in [0.25, 0.3) is 0 Å². The zero-order valence-electron chi connectivity index (χ0n) is 9.11. The number of nitrogens with zero attached hydrogens (tertiary/aromatic N) is 1. The van der Waals surface area contributed by atoms with E-state index in [0.717, 1.165) is 10.0 Å². The number of aliphatic imine (C=N–C) groups is 1. The van der Waals surface area contributed by atoms with Crippen molar-refractivity contribution in [3.05, 3.63) is 33.3 Å². The highest BCUT2D eigenvalue weighted by atomic mass is 79.9. The summed E-state index contributed by atoms with van der Waals surface area (Å²) in [4.78, 5) is 4.23. The normalized spacial score (nSPS) is 11.6. The van der Waals surface area contributed by atoms with Gasteiger partial charge in [0.05, 0.1) is 6.54 Å². The smallest absolute Gasteiger partial charge is 0.176 e. The predicted molar refractivity (Wildman–Crippen MR) is 69.4 cm³/mol. The molecule has 0 aliphatic heterocycles. The molecule has 0 bridgehead atoms. The van der Waals surface area contributed by atoms with Gasteiger partial charge in [-0.3, -0.25) is 4.99 Å². The number of methoxy groups -OCH3 is 2. The molecule has 0 unspecified atom stereocenters. The van der Waals surface area contributed by atoms with Crippen LogP contribution in [0.2, 0.25) is 5.02 Å². The van der Waals surface area contributed by atoms with Crippen molar-refractivity contribution in [1.82, 2.24) is 0 Å². The molecule has 0 N–H and O–H groups in total. The lowest BCUT2D eigenvalue weighted by Crippen LogP contribution is -2.16. The van der Waals surface area contributed by atoms with Crippen LogP contribution in [-0.2, 0) is 9.47 Å². The summed E-state index contributed by atoms with van der Waals surface area (Å²) in [6.07, 6.45) is 1.45. The Balaban J connectivity index is 2.62. The van der Waals surface area contributed by atoms with Crippen LogP contribution in [0.5, 0.6) is 0 Å². The Kier molecular flexibility index (Phi) is 5.98. The first kappa shape index (κ1) is 13.6. The standard InChI is InChI=1S/C11H13BrClNO2/c1-15-11(16-2)7-14-6-8-3-4-9(13)5-10(8)12/h3-6,11H,7H2,1-2H3/b14-6+. The molecule has 3 nitrogen and oxygen atoms in total. The first-order valence-electron chi connectivity index (χ1n) is 4.68. The molecule has 0 amide bonds. The molecule has 5 heteroatoms. The molecule has 1 aromatic carbocycles. The molecule has 0 saturated heterocycles. The molecule has 0 saturated carbocycles. The van der Waals surface area contributed by atoms with Gasteiger partial charge in [-0.25, -0.2) is 0 Å². The van der Waals surface area contributed by atoms with Crippen LogP contribution in [0.3, 0.4) is 0 Å². The summed E-state index contributed by atoms with van der Waals surface area (Å²) in [5.74, 6) is 0. The molecule has 0 fully saturated rings. The SMILES string of the molecule is COC(C/N=C/c1ccc(Cl)cc1Br)OC. The van der Waals surface area contributed by atoms with Gasteiger partial charge in [0.25, 0.3) is 0 Å². The molecule has 88 valence electrons. The summed E-state index contributed by atoms with van der Waals surface area (Å²) < 4.78 is 10.9. The summed E-state index contributed by atoms with van der Waals surface area (Å²) in [5, 5.41) is 0.690. The molecular formula is C11H13BrClNO2. The van der Waals surface area contributed by atoms with Gasteiger partial charge in [0.15, 0.2) is 6.29 Å². The third kappa shape index (κ3) is 4.22. The summed E-state index contributed by atoms with van der Waals surface area (Å²) in [6, 6.07) is 5.54. The molecule has 16 heavy (non-hydrogen) atoms.